The first-order chi connectivity index (χ1) is 8.56. The number of ketones is 1. The molecule has 0 atom stereocenters. The third kappa shape index (κ3) is 2.60. The van der Waals surface area contributed by atoms with Crippen LogP contribution in [0.1, 0.15) is 10.4 Å². The molecule has 0 saturated heterocycles. The van der Waals surface area contributed by atoms with Crippen molar-refractivity contribution in [1.82, 2.24) is 9.55 Å². The summed E-state index contributed by atoms with van der Waals surface area (Å²) in [5.41, 5.74) is -1.03. The van der Waals surface area contributed by atoms with Gasteiger partial charge in [-0.25, -0.2) is 9.18 Å². The number of H-pyrrole nitrogens is 1. The SMILES string of the molecule is O=C(Cn1ccc(=O)[nH]c1=O)c1cccc(F)c1. The summed E-state index contributed by atoms with van der Waals surface area (Å²) in [6, 6.07) is 6.34. The van der Waals surface area contributed by atoms with Gasteiger partial charge in [0, 0.05) is 17.8 Å². The molecule has 5 nitrogen and oxygen atoms in total. The van der Waals surface area contributed by atoms with Gasteiger partial charge >= 0.3 is 5.69 Å². The summed E-state index contributed by atoms with van der Waals surface area (Å²) in [7, 11) is 0. The minimum atomic E-state index is -0.674. The number of hydrogen-bond donors (Lipinski definition) is 1. The lowest BCUT2D eigenvalue weighted by molar-refractivity contribution is 0.0970. The van der Waals surface area contributed by atoms with E-state index in [1.165, 1.54) is 24.4 Å². The van der Waals surface area contributed by atoms with E-state index in [4.69, 9.17) is 0 Å². The Labute approximate surface area is 101 Å². The van der Waals surface area contributed by atoms with Gasteiger partial charge in [-0.3, -0.25) is 19.1 Å². The fourth-order valence-corrected chi connectivity index (χ4v) is 1.48. The lowest BCUT2D eigenvalue weighted by Crippen LogP contribution is -2.30. The highest BCUT2D eigenvalue weighted by Gasteiger charge is 2.08. The Morgan fingerprint density at radius 3 is 2.72 bits per heavy atom. The van der Waals surface area contributed by atoms with Gasteiger partial charge in [-0.1, -0.05) is 12.1 Å². The Morgan fingerprint density at radius 2 is 2.06 bits per heavy atom. The molecule has 0 aliphatic carbocycles. The van der Waals surface area contributed by atoms with Crippen molar-refractivity contribution in [2.75, 3.05) is 0 Å². The Bertz CT molecular complexity index is 703. The normalized spacial score (nSPS) is 10.3. The van der Waals surface area contributed by atoms with E-state index in [2.05, 4.69) is 0 Å². The largest absolute Gasteiger partial charge is 0.328 e. The number of aromatic nitrogens is 2. The van der Waals surface area contributed by atoms with E-state index in [9.17, 15) is 18.8 Å². The lowest BCUT2D eigenvalue weighted by Gasteiger charge is -2.03. The molecule has 1 N–H and O–H groups in total. The van der Waals surface area contributed by atoms with Crippen LogP contribution in [0.3, 0.4) is 0 Å². The zero-order chi connectivity index (χ0) is 13.1. The second kappa shape index (κ2) is 4.79. The topological polar surface area (TPSA) is 71.9 Å². The Kier molecular flexibility index (Phi) is 3.18. The molecule has 2 rings (SSSR count). The van der Waals surface area contributed by atoms with Crippen LogP contribution in [0, 0.1) is 5.82 Å². The first-order valence-corrected chi connectivity index (χ1v) is 5.15. The second-order valence-corrected chi connectivity index (χ2v) is 3.67. The third-order valence-electron chi connectivity index (χ3n) is 2.36. The molecule has 6 heteroatoms. The molecule has 18 heavy (non-hydrogen) atoms. The van der Waals surface area contributed by atoms with E-state index >= 15 is 0 Å². The predicted octanol–water partition coefficient (Wildman–Crippen LogP) is 0.559. The Hall–Kier alpha value is -2.50. The molecule has 2 aromatic rings. The maximum absolute atomic E-state index is 12.9. The van der Waals surface area contributed by atoms with Crippen molar-refractivity contribution in [1.29, 1.82) is 0 Å². The van der Waals surface area contributed by atoms with Crippen molar-refractivity contribution in [3.63, 3.8) is 0 Å². The molecule has 1 aromatic carbocycles. The highest BCUT2D eigenvalue weighted by atomic mass is 19.1. The molecule has 1 heterocycles. The van der Waals surface area contributed by atoms with Crippen molar-refractivity contribution in [2.45, 2.75) is 6.54 Å². The maximum Gasteiger partial charge on any atom is 0.328 e. The van der Waals surface area contributed by atoms with Crippen LogP contribution in [-0.4, -0.2) is 15.3 Å². The van der Waals surface area contributed by atoms with Crippen molar-refractivity contribution < 1.29 is 9.18 Å². The fourth-order valence-electron chi connectivity index (χ4n) is 1.48. The summed E-state index contributed by atoms with van der Waals surface area (Å²) in [4.78, 5) is 36.0. The third-order valence-corrected chi connectivity index (χ3v) is 2.36. The Balaban J connectivity index is 2.27. The van der Waals surface area contributed by atoms with Gasteiger partial charge in [0.15, 0.2) is 5.78 Å². The molecule has 0 bridgehead atoms. The van der Waals surface area contributed by atoms with Gasteiger partial charge in [0.2, 0.25) is 0 Å². The lowest BCUT2D eigenvalue weighted by atomic mass is 10.1. The highest BCUT2D eigenvalue weighted by molar-refractivity contribution is 5.95. The molecular formula is C12H9FN2O3. The number of carbonyl (C=O) groups is 1. The number of hydrogen-bond acceptors (Lipinski definition) is 3. The van der Waals surface area contributed by atoms with Gasteiger partial charge in [-0.2, -0.15) is 0 Å². The molecule has 0 unspecified atom stereocenters. The average molecular weight is 248 g/mol. The summed E-state index contributed by atoms with van der Waals surface area (Å²) in [5.74, 6) is -0.932. The molecule has 0 fully saturated rings. The minimum absolute atomic E-state index is 0.174. The number of nitrogens with one attached hydrogen (secondary N) is 1. The summed E-state index contributed by atoms with van der Waals surface area (Å²) < 4.78 is 14.0. The van der Waals surface area contributed by atoms with Crippen molar-refractivity contribution in [2.24, 2.45) is 0 Å². The molecule has 92 valence electrons. The van der Waals surface area contributed by atoms with Crippen LogP contribution in [0.2, 0.25) is 0 Å². The molecule has 0 radical (unpaired) electrons. The maximum atomic E-state index is 12.9. The molecule has 0 saturated carbocycles. The molecule has 0 aliphatic rings. The average Bonchev–Trinajstić information content (AvgIpc) is 2.32. The Morgan fingerprint density at radius 1 is 1.28 bits per heavy atom. The van der Waals surface area contributed by atoms with Crippen molar-refractivity contribution in [3.8, 4) is 0 Å². The number of carbonyl (C=O) groups excluding carboxylic acids is 1. The molecule has 0 spiro atoms. The van der Waals surface area contributed by atoms with E-state index in [1.54, 1.807) is 0 Å². The second-order valence-electron chi connectivity index (χ2n) is 3.67. The van der Waals surface area contributed by atoms with Crippen LogP contribution < -0.4 is 11.2 Å². The van der Waals surface area contributed by atoms with Crippen LogP contribution in [-0.2, 0) is 6.54 Å². The van der Waals surface area contributed by atoms with Gasteiger partial charge in [-0.05, 0) is 12.1 Å². The smallest absolute Gasteiger partial charge is 0.293 e. The number of Topliss-reactive ketones (excluding diaryl/α,β-unsaturated/α-hetero) is 1. The van der Waals surface area contributed by atoms with Crippen LogP contribution in [0.5, 0.6) is 0 Å². The number of benzene rings is 1. The molecule has 0 aliphatic heterocycles. The van der Waals surface area contributed by atoms with Gasteiger partial charge in [0.1, 0.15) is 5.82 Å². The molecule has 0 amide bonds. The van der Waals surface area contributed by atoms with E-state index < -0.39 is 22.8 Å². The van der Waals surface area contributed by atoms with E-state index in [1.807, 2.05) is 4.98 Å². The fraction of sp³-hybridized carbons (Fsp3) is 0.0833. The van der Waals surface area contributed by atoms with Crippen LogP contribution >= 0.6 is 0 Å². The van der Waals surface area contributed by atoms with Gasteiger partial charge in [0.25, 0.3) is 5.56 Å². The van der Waals surface area contributed by atoms with Crippen LogP contribution in [0.4, 0.5) is 4.39 Å². The molecular weight excluding hydrogens is 239 g/mol. The summed E-state index contributed by atoms with van der Waals surface area (Å²) >= 11 is 0. The van der Waals surface area contributed by atoms with Gasteiger partial charge in [-0.15, -0.1) is 0 Å². The van der Waals surface area contributed by atoms with Gasteiger partial charge < -0.3 is 0 Å². The first kappa shape index (κ1) is 12.0. The summed E-state index contributed by atoms with van der Waals surface area (Å²) in [6.45, 7) is -0.251. The number of nitrogens with zero attached hydrogens (tertiary/aromatic N) is 1. The van der Waals surface area contributed by atoms with Crippen molar-refractivity contribution >= 4 is 5.78 Å². The highest BCUT2D eigenvalue weighted by Crippen LogP contribution is 2.05. The summed E-state index contributed by atoms with van der Waals surface area (Å²) in [6.07, 6.45) is 1.22. The van der Waals surface area contributed by atoms with E-state index in [-0.39, 0.29) is 12.1 Å². The first-order valence-electron chi connectivity index (χ1n) is 5.15. The zero-order valence-electron chi connectivity index (χ0n) is 9.22. The number of aromatic amines is 1. The monoisotopic (exact) mass is 248 g/mol. The predicted molar refractivity (Wildman–Crippen MR) is 62.1 cm³/mol. The minimum Gasteiger partial charge on any atom is -0.293 e. The zero-order valence-corrected chi connectivity index (χ0v) is 9.22. The standard InChI is InChI=1S/C12H9FN2O3/c13-9-3-1-2-8(6-9)10(16)7-15-5-4-11(17)14-12(15)18/h1-6H,7H2,(H,14,17,18). The van der Waals surface area contributed by atoms with Crippen LogP contribution in [0.25, 0.3) is 0 Å². The molecule has 1 aromatic heterocycles. The summed E-state index contributed by atoms with van der Waals surface area (Å²) in [5, 5.41) is 0. The van der Waals surface area contributed by atoms with E-state index in [0.29, 0.717) is 0 Å². The van der Waals surface area contributed by atoms with E-state index in [0.717, 1.165) is 16.7 Å². The quantitative estimate of drug-likeness (QED) is 0.806. The number of halogens is 1. The van der Waals surface area contributed by atoms with Crippen molar-refractivity contribution in [3.05, 3.63) is 68.7 Å². The van der Waals surface area contributed by atoms with Crippen LogP contribution in [0.15, 0.2) is 46.1 Å². The number of rotatable bonds is 3. The van der Waals surface area contributed by atoms with Gasteiger partial charge in [0.05, 0.1) is 6.54 Å².